The maximum absolute atomic E-state index is 6.83. The smallest absolute Gasteiger partial charge is 0.127 e. The number of hydrogen-bond acceptors (Lipinski definition) is 2. The van der Waals surface area contributed by atoms with Crippen LogP contribution in [0.5, 0.6) is 5.75 Å². The van der Waals surface area contributed by atoms with Crippen LogP contribution in [0.25, 0.3) is 0 Å². The van der Waals surface area contributed by atoms with E-state index in [0.717, 1.165) is 12.2 Å². The molecule has 0 aliphatic heterocycles. The van der Waals surface area contributed by atoms with Gasteiger partial charge in [-0.25, -0.2) is 0 Å². The van der Waals surface area contributed by atoms with E-state index in [1.807, 2.05) is 13.3 Å². The molecule has 0 spiro atoms. The van der Waals surface area contributed by atoms with Crippen LogP contribution in [0.4, 0.5) is 0 Å². The summed E-state index contributed by atoms with van der Waals surface area (Å²) in [6, 6.07) is 24.2. The van der Waals surface area contributed by atoms with Crippen LogP contribution in [0.2, 0.25) is 0 Å². The van der Waals surface area contributed by atoms with Crippen molar-refractivity contribution < 1.29 is 4.74 Å². The molecule has 0 saturated heterocycles. The highest BCUT2D eigenvalue weighted by atomic mass is 31.1. The summed E-state index contributed by atoms with van der Waals surface area (Å²) in [5, 5.41) is 1.38. The molecule has 0 fully saturated rings. The number of benzene rings is 3. The highest BCUT2D eigenvalue weighted by molar-refractivity contribution is 7.47. The van der Waals surface area contributed by atoms with Crippen LogP contribution in [-0.4, -0.2) is 13.3 Å². The molecular formula is C35H48NOP. The molecule has 0 saturated carbocycles. The lowest BCUT2D eigenvalue weighted by molar-refractivity contribution is 0.293. The van der Waals surface area contributed by atoms with Gasteiger partial charge in [0.05, 0.1) is 0 Å². The molecule has 3 aromatic rings. The lowest BCUT2D eigenvalue weighted by Crippen LogP contribution is -2.20. The normalized spacial score (nSPS) is 13.5. The van der Waals surface area contributed by atoms with Crippen LogP contribution >= 0.6 is 8.58 Å². The SMILES string of the molecule is CCCCCC(Pc1ccccc1C=NC)c1cc(C(C)(C)C)cc(C(C)(C)C)c1OCc1ccccc1. The molecule has 0 radical (unpaired) electrons. The van der Waals surface area contributed by atoms with Crippen LogP contribution < -0.4 is 10.0 Å². The van der Waals surface area contributed by atoms with Crippen LogP contribution in [0.1, 0.15) is 108 Å². The van der Waals surface area contributed by atoms with Crippen molar-refractivity contribution in [1.29, 1.82) is 0 Å². The molecule has 2 unspecified atom stereocenters. The number of ether oxygens (including phenoxy) is 1. The Morgan fingerprint density at radius 1 is 0.868 bits per heavy atom. The second-order valence-corrected chi connectivity index (χ2v) is 13.9. The Hall–Kier alpha value is -2.44. The lowest BCUT2D eigenvalue weighted by Gasteiger charge is -2.32. The van der Waals surface area contributed by atoms with Crippen LogP contribution in [-0.2, 0) is 17.4 Å². The molecule has 2 nitrogen and oxygen atoms in total. The second-order valence-electron chi connectivity index (χ2n) is 12.4. The Morgan fingerprint density at radius 2 is 1.55 bits per heavy atom. The molecule has 3 heteroatoms. The van der Waals surface area contributed by atoms with Gasteiger partial charge in [0, 0.05) is 30.0 Å². The molecule has 0 heterocycles. The first-order valence-corrected chi connectivity index (χ1v) is 15.3. The molecule has 0 N–H and O–H groups in total. The third-order valence-corrected chi connectivity index (χ3v) is 8.76. The molecule has 0 bridgehead atoms. The van der Waals surface area contributed by atoms with Crippen molar-refractivity contribution in [2.75, 3.05) is 7.05 Å². The zero-order chi connectivity index (χ0) is 27.8. The Morgan fingerprint density at radius 3 is 2.18 bits per heavy atom. The highest BCUT2D eigenvalue weighted by Crippen LogP contribution is 2.48. The third-order valence-electron chi connectivity index (χ3n) is 7.05. The lowest BCUT2D eigenvalue weighted by atomic mass is 9.78. The molecule has 204 valence electrons. The Bertz CT molecular complexity index is 1180. The van der Waals surface area contributed by atoms with E-state index in [4.69, 9.17) is 4.74 Å². The largest absolute Gasteiger partial charge is 0.488 e. The third kappa shape index (κ3) is 8.28. The minimum absolute atomic E-state index is 0.0358. The minimum atomic E-state index is -0.0358. The summed E-state index contributed by atoms with van der Waals surface area (Å²) in [7, 11) is 2.51. The van der Waals surface area contributed by atoms with Gasteiger partial charge in [0.15, 0.2) is 0 Å². The first kappa shape index (κ1) is 30.1. The summed E-state index contributed by atoms with van der Waals surface area (Å²) in [5.74, 6) is 1.09. The predicted molar refractivity (Wildman–Crippen MR) is 169 cm³/mol. The molecular weight excluding hydrogens is 481 g/mol. The highest BCUT2D eigenvalue weighted by Gasteiger charge is 2.29. The van der Waals surface area contributed by atoms with E-state index in [2.05, 4.69) is 120 Å². The van der Waals surface area contributed by atoms with E-state index >= 15 is 0 Å². The van der Waals surface area contributed by atoms with Gasteiger partial charge in [-0.1, -0.05) is 143 Å². The van der Waals surface area contributed by atoms with E-state index in [9.17, 15) is 0 Å². The van der Waals surface area contributed by atoms with Crippen LogP contribution in [0, 0.1) is 0 Å². The van der Waals surface area contributed by atoms with E-state index < -0.39 is 0 Å². The van der Waals surface area contributed by atoms with Gasteiger partial charge < -0.3 is 4.74 Å². The molecule has 38 heavy (non-hydrogen) atoms. The monoisotopic (exact) mass is 529 g/mol. The van der Waals surface area contributed by atoms with Gasteiger partial charge in [-0.05, 0) is 39.2 Å². The zero-order valence-electron chi connectivity index (χ0n) is 24.9. The second kappa shape index (κ2) is 13.6. The minimum Gasteiger partial charge on any atom is -0.488 e. The summed E-state index contributed by atoms with van der Waals surface area (Å²) in [5.41, 5.74) is 6.90. The zero-order valence-corrected chi connectivity index (χ0v) is 25.9. The summed E-state index contributed by atoms with van der Waals surface area (Å²) >= 11 is 0. The van der Waals surface area contributed by atoms with Gasteiger partial charge >= 0.3 is 0 Å². The van der Waals surface area contributed by atoms with Gasteiger partial charge in [0.1, 0.15) is 12.4 Å². The van der Waals surface area contributed by atoms with Gasteiger partial charge in [-0.3, -0.25) is 4.99 Å². The molecule has 0 aromatic heterocycles. The number of hydrogen-bond donors (Lipinski definition) is 0. The first-order valence-electron chi connectivity index (χ1n) is 14.2. The molecule has 3 aromatic carbocycles. The van der Waals surface area contributed by atoms with Crippen molar-refractivity contribution in [3.63, 3.8) is 0 Å². The molecule has 0 amide bonds. The van der Waals surface area contributed by atoms with Gasteiger partial charge in [0.2, 0.25) is 0 Å². The first-order chi connectivity index (χ1) is 18.0. The topological polar surface area (TPSA) is 21.6 Å². The van der Waals surface area contributed by atoms with Crippen molar-refractivity contribution in [2.24, 2.45) is 4.99 Å². The molecule has 2 atom stereocenters. The van der Waals surface area contributed by atoms with Crippen molar-refractivity contribution in [2.45, 2.75) is 97.2 Å². The Kier molecular flexibility index (Phi) is 10.8. The van der Waals surface area contributed by atoms with Gasteiger partial charge in [0.25, 0.3) is 0 Å². The standard InChI is InChI=1S/C35H48NOP/c1-9-10-12-21-32(38-31-20-16-15-19-27(31)24-36-8)29-22-28(34(2,3)4)23-30(35(5,6)7)33(29)37-25-26-17-13-11-14-18-26/h11,13-20,22-24,32,38H,9-10,12,21,25H2,1-8H3. The Labute approximate surface area is 234 Å². The maximum atomic E-state index is 6.83. The van der Waals surface area contributed by atoms with Crippen LogP contribution in [0.3, 0.4) is 0 Å². The van der Waals surface area contributed by atoms with E-state index in [0.29, 0.717) is 20.8 Å². The fraction of sp³-hybridized carbons (Fsp3) is 0.457. The fourth-order valence-corrected chi connectivity index (χ4v) is 6.36. The quantitative estimate of drug-likeness (QED) is 0.138. The fourth-order valence-electron chi connectivity index (χ4n) is 4.76. The average Bonchev–Trinajstić information content (AvgIpc) is 2.87. The Balaban J connectivity index is 2.20. The summed E-state index contributed by atoms with van der Waals surface area (Å²) in [6.45, 7) is 16.8. The molecule has 0 aliphatic carbocycles. The number of aliphatic imine (C=N–C) groups is 1. The summed E-state index contributed by atoms with van der Waals surface area (Å²) < 4.78 is 6.83. The van der Waals surface area contributed by atoms with Crippen molar-refractivity contribution in [1.82, 2.24) is 0 Å². The summed E-state index contributed by atoms with van der Waals surface area (Å²) in [6.07, 6.45) is 6.86. The maximum Gasteiger partial charge on any atom is 0.127 e. The number of unbranched alkanes of at least 4 members (excludes halogenated alkanes) is 2. The number of rotatable bonds is 11. The van der Waals surface area contributed by atoms with Crippen LogP contribution in [0.15, 0.2) is 71.7 Å². The molecule has 3 rings (SSSR count). The van der Waals surface area contributed by atoms with E-state index in [-0.39, 0.29) is 10.8 Å². The van der Waals surface area contributed by atoms with Gasteiger partial charge in [-0.15, -0.1) is 0 Å². The number of nitrogens with zero attached hydrogens (tertiary/aromatic N) is 1. The molecule has 0 aliphatic rings. The van der Waals surface area contributed by atoms with E-state index in [1.54, 1.807) is 0 Å². The van der Waals surface area contributed by atoms with Crippen molar-refractivity contribution in [3.8, 4) is 5.75 Å². The van der Waals surface area contributed by atoms with Crippen molar-refractivity contribution >= 4 is 20.1 Å². The average molecular weight is 530 g/mol. The summed E-state index contributed by atoms with van der Waals surface area (Å²) in [4.78, 5) is 4.35. The predicted octanol–water partition coefficient (Wildman–Crippen LogP) is 9.53. The van der Waals surface area contributed by atoms with Gasteiger partial charge in [-0.2, -0.15) is 0 Å². The van der Waals surface area contributed by atoms with E-state index in [1.165, 1.54) is 52.4 Å². The van der Waals surface area contributed by atoms with Crippen molar-refractivity contribution in [3.05, 3.63) is 94.5 Å².